The molecule has 0 saturated carbocycles. The average molecular weight is 374 g/mol. The number of hydrogen-bond donors (Lipinski definition) is 0. The van der Waals surface area contributed by atoms with Gasteiger partial charge in [-0.2, -0.15) is 0 Å². The first-order valence-corrected chi connectivity index (χ1v) is 14.7. The van der Waals surface area contributed by atoms with E-state index >= 15 is 0 Å². The maximum atomic E-state index is 6.76. The number of hydrogen-bond acceptors (Lipinski definition) is 0. The first-order chi connectivity index (χ1) is 8.31. The van der Waals surface area contributed by atoms with Crippen LogP contribution in [0.5, 0.6) is 0 Å². The van der Waals surface area contributed by atoms with Crippen LogP contribution in [-0.4, -0.2) is 78.1 Å². The summed E-state index contributed by atoms with van der Waals surface area (Å²) in [4.78, 5) is 0. The maximum absolute atomic E-state index is 6.76. The van der Waals surface area contributed by atoms with Gasteiger partial charge in [0, 0.05) is 58.5 Å². The third-order valence-corrected chi connectivity index (χ3v) is 5.62. The van der Waals surface area contributed by atoms with E-state index < -0.39 is 0 Å². The van der Waals surface area contributed by atoms with E-state index in [2.05, 4.69) is 40.0 Å². The molecule has 0 rings (SSSR count). The van der Waals surface area contributed by atoms with Crippen molar-refractivity contribution in [2.45, 2.75) is 0 Å². The third kappa shape index (κ3) is 53.9. The minimum absolute atomic E-state index is 0. The second-order valence-corrected chi connectivity index (χ2v) is 13.9. The summed E-state index contributed by atoms with van der Waals surface area (Å²) < 4.78 is 0. The van der Waals surface area contributed by atoms with Crippen LogP contribution in [0.15, 0.2) is 0 Å². The molecule has 0 aromatic heterocycles. The van der Waals surface area contributed by atoms with E-state index in [9.17, 15) is 0 Å². The van der Waals surface area contributed by atoms with Crippen LogP contribution in [0.25, 0.3) is 17.2 Å². The van der Waals surface area contributed by atoms with Gasteiger partial charge in [0.15, 0.2) is 0 Å². The smallest absolute Gasteiger partial charge is 0.674 e. The van der Waals surface area contributed by atoms with E-state index in [1.807, 2.05) is 0 Å². The Morgan fingerprint density at radius 1 is 0.526 bits per heavy atom. The largest absolute Gasteiger partial charge is 3.00 e. The predicted octanol–water partition coefficient (Wildman–Crippen LogP) is 4.53. The Morgan fingerprint density at radius 3 is 0.684 bits per heavy atom. The molecule has 0 unspecified atom stereocenters. The monoisotopic (exact) mass is 374 g/mol. The second-order valence-electron chi connectivity index (χ2n) is 5.12. The van der Waals surface area contributed by atoms with Crippen molar-refractivity contribution in [2.75, 3.05) is 78.1 Å². The van der Waals surface area contributed by atoms with Crippen LogP contribution in [0.3, 0.4) is 0 Å². The van der Waals surface area contributed by atoms with Gasteiger partial charge in [-0.3, -0.25) is 0 Å². The molecule has 0 amide bonds. The van der Waals surface area contributed by atoms with E-state index in [0.29, 0.717) is 19.6 Å². The van der Waals surface area contributed by atoms with Crippen molar-refractivity contribution in [3.05, 3.63) is 17.2 Å². The molecule has 0 aromatic carbocycles. The summed E-state index contributed by atoms with van der Waals surface area (Å²) in [5, 5.41) is 0. The van der Waals surface area contributed by atoms with E-state index in [-0.39, 0.29) is 40.5 Å². The molecule has 0 heterocycles. The Labute approximate surface area is 136 Å². The van der Waals surface area contributed by atoms with Gasteiger partial charge >= 0.3 is 16.8 Å². The minimum Gasteiger partial charge on any atom is -0.674 e. The number of rotatable bonds is 6. The summed E-state index contributed by atoms with van der Waals surface area (Å²) >= 11 is 0. The summed E-state index contributed by atoms with van der Waals surface area (Å²) in [6.07, 6.45) is 3.43. The van der Waals surface area contributed by atoms with Gasteiger partial charge in [0.1, 0.15) is 0 Å². The van der Waals surface area contributed by atoms with Crippen molar-refractivity contribution in [3.63, 3.8) is 0 Å². The minimum atomic E-state index is -0.0730. The molecule has 0 atom stereocenters. The molecule has 0 aliphatic heterocycles. The molecule has 0 aromatic rings. The third-order valence-electron chi connectivity index (χ3n) is 1.87. The zero-order chi connectivity index (χ0) is 15.0. The normalized spacial score (nSPS) is 9.47. The summed E-state index contributed by atoms with van der Waals surface area (Å²) in [7, 11) is -0.219. The van der Waals surface area contributed by atoms with Crippen LogP contribution in [0.4, 0.5) is 0 Å². The molecule has 0 bridgehead atoms. The van der Waals surface area contributed by atoms with Gasteiger partial charge in [-0.1, -0.05) is 0 Å². The van der Waals surface area contributed by atoms with Crippen molar-refractivity contribution in [1.82, 2.24) is 0 Å². The quantitative estimate of drug-likeness (QED) is 0.613. The van der Waals surface area contributed by atoms with Crippen LogP contribution in [-0.2, 0) is 16.8 Å². The molecule has 3 nitrogen and oxygen atoms in total. The van der Waals surface area contributed by atoms with Gasteiger partial charge in [0.05, 0.1) is 0 Å². The van der Waals surface area contributed by atoms with Gasteiger partial charge in [-0.25, -0.2) is 0 Å². The molecular weight excluding hydrogens is 338 g/mol. The molecular formula is C12H36CoN3P3+3. The van der Waals surface area contributed by atoms with Crippen molar-refractivity contribution in [2.24, 2.45) is 0 Å². The number of nitrogens with one attached hydrogen (secondary N) is 3. The Morgan fingerprint density at radius 2 is 0.684 bits per heavy atom. The van der Waals surface area contributed by atoms with E-state index in [0.717, 1.165) is 18.5 Å². The molecule has 120 valence electrons. The van der Waals surface area contributed by atoms with Crippen molar-refractivity contribution >= 4 is 23.8 Å². The van der Waals surface area contributed by atoms with Gasteiger partial charge in [0.2, 0.25) is 0 Å². The van der Waals surface area contributed by atoms with Crippen molar-refractivity contribution in [3.8, 4) is 0 Å². The van der Waals surface area contributed by atoms with E-state index in [1.54, 1.807) is 0 Å². The van der Waals surface area contributed by atoms with Crippen molar-refractivity contribution < 1.29 is 16.8 Å². The van der Waals surface area contributed by atoms with Crippen LogP contribution >= 0.6 is 23.8 Å². The van der Waals surface area contributed by atoms with Crippen LogP contribution in [0, 0.1) is 0 Å². The van der Waals surface area contributed by atoms with Crippen LogP contribution in [0.1, 0.15) is 0 Å². The predicted molar refractivity (Wildman–Crippen MR) is 103 cm³/mol. The van der Waals surface area contributed by atoms with Gasteiger partial charge < -0.3 is 17.2 Å². The first kappa shape index (κ1) is 28.8. The molecule has 3 N–H and O–H groups in total. The molecule has 0 radical (unpaired) electrons. The van der Waals surface area contributed by atoms with Crippen LogP contribution < -0.4 is 0 Å². The van der Waals surface area contributed by atoms with E-state index in [1.165, 1.54) is 0 Å². The zero-order valence-electron chi connectivity index (χ0n) is 13.6. The van der Waals surface area contributed by atoms with Crippen LogP contribution in [0.2, 0.25) is 0 Å². The fourth-order valence-corrected chi connectivity index (χ4v) is 2.25. The molecule has 0 spiro atoms. The SMILES string of the molecule is C[PH+](C)CC[NH-].C[PH+](C)CC[NH-].C[PH+](C)CC[NH-].[Co+3]. The first-order valence-electron chi connectivity index (χ1n) is 6.62. The Hall–Kier alpha value is 1.68. The van der Waals surface area contributed by atoms with Crippen molar-refractivity contribution in [1.29, 1.82) is 0 Å². The topological polar surface area (TPSA) is 71.4 Å². The Kier molecular flexibility index (Phi) is 37.4. The summed E-state index contributed by atoms with van der Waals surface area (Å²) in [6, 6.07) is 0. The summed E-state index contributed by atoms with van der Waals surface area (Å²) in [5.74, 6) is 0. The fourth-order valence-electron chi connectivity index (χ4n) is 0.750. The molecule has 7 heteroatoms. The average Bonchev–Trinajstić information content (AvgIpc) is 2.18. The second kappa shape index (κ2) is 24.7. The van der Waals surface area contributed by atoms with Gasteiger partial charge in [-0.15, -0.1) is 19.6 Å². The fraction of sp³-hybridized carbons (Fsp3) is 1.00. The summed E-state index contributed by atoms with van der Waals surface area (Å²) in [6.45, 7) is 15.3. The Bertz CT molecular complexity index is 116. The maximum Gasteiger partial charge on any atom is 3.00 e. The Balaban J connectivity index is -0.0000000865. The molecule has 0 saturated heterocycles. The van der Waals surface area contributed by atoms with E-state index in [4.69, 9.17) is 17.2 Å². The molecule has 0 aliphatic rings. The molecule has 0 aliphatic carbocycles. The molecule has 19 heavy (non-hydrogen) atoms. The zero-order valence-corrected chi connectivity index (χ0v) is 17.6. The molecule has 0 fully saturated rings. The summed E-state index contributed by atoms with van der Waals surface area (Å²) in [5.41, 5.74) is 20.3. The van der Waals surface area contributed by atoms with Gasteiger partial charge in [0.25, 0.3) is 0 Å². The van der Waals surface area contributed by atoms with Gasteiger partial charge in [-0.05, 0) is 23.8 Å². The standard InChI is InChI=1S/3C4H11NP.Co/c3*1-6(2)4-3-5;/h3*5H,3-4H2,1-2H3;/q3*-1;+3/p+3.